The van der Waals surface area contributed by atoms with Crippen molar-refractivity contribution in [3.8, 4) is 0 Å². The first-order chi connectivity index (χ1) is 14.3. The number of halogens is 4. The van der Waals surface area contributed by atoms with Crippen molar-refractivity contribution >= 4 is 33.2 Å². The zero-order valence-electron chi connectivity index (χ0n) is 17.3. The number of carbonyl (C=O) groups is 1. The monoisotopic (exact) mass is 476 g/mol. The fraction of sp³-hybridized carbons (Fsp3) is 0.381. The molecule has 1 atom stereocenters. The van der Waals surface area contributed by atoms with Crippen molar-refractivity contribution in [3.05, 3.63) is 64.7 Å². The Balaban J connectivity index is 2.32. The smallest absolute Gasteiger partial charge is 0.348 e. The minimum absolute atomic E-state index is 0.238. The Morgan fingerprint density at radius 2 is 1.74 bits per heavy atom. The number of hydrogen-bond acceptors (Lipinski definition) is 3. The van der Waals surface area contributed by atoms with Crippen molar-refractivity contribution in [1.82, 2.24) is 5.32 Å². The zero-order chi connectivity index (χ0) is 23.4. The van der Waals surface area contributed by atoms with Crippen molar-refractivity contribution < 1.29 is 26.4 Å². The summed E-state index contributed by atoms with van der Waals surface area (Å²) >= 11 is 5.62. The number of sulfonamides is 1. The second-order valence-corrected chi connectivity index (χ2v) is 9.91. The molecular formula is C21H24ClF3N2O3S. The van der Waals surface area contributed by atoms with Gasteiger partial charge >= 0.3 is 6.18 Å². The van der Waals surface area contributed by atoms with Gasteiger partial charge in [-0.1, -0.05) is 55.8 Å². The van der Waals surface area contributed by atoms with Gasteiger partial charge in [-0.25, -0.2) is 8.42 Å². The average Bonchev–Trinajstić information content (AvgIpc) is 2.65. The van der Waals surface area contributed by atoms with Crippen molar-refractivity contribution in [1.29, 1.82) is 0 Å². The molecule has 0 aliphatic rings. The number of nitrogens with zero attached hydrogens (tertiary/aromatic N) is 1. The van der Waals surface area contributed by atoms with Crippen molar-refractivity contribution in [2.75, 3.05) is 17.1 Å². The van der Waals surface area contributed by atoms with E-state index >= 15 is 0 Å². The van der Waals surface area contributed by atoms with E-state index < -0.39 is 39.2 Å². The molecule has 1 unspecified atom stereocenters. The highest BCUT2D eigenvalue weighted by molar-refractivity contribution is 7.92. The molecule has 0 heterocycles. The van der Waals surface area contributed by atoms with Gasteiger partial charge in [-0.3, -0.25) is 9.10 Å². The first kappa shape index (κ1) is 25.0. The molecule has 0 aliphatic carbocycles. The van der Waals surface area contributed by atoms with Gasteiger partial charge in [0.1, 0.15) is 6.54 Å². The van der Waals surface area contributed by atoms with Gasteiger partial charge < -0.3 is 5.32 Å². The standard InChI is InChI=1S/C21H24ClF3N2O3S/c1-14(2)11-19(15-7-5-4-6-8-15)26-20(28)13-27(31(3,29)30)16-9-10-18(22)17(12-16)21(23,24)25/h4-10,12,14,19H,11,13H2,1-3H3,(H,26,28). The molecule has 1 N–H and O–H groups in total. The summed E-state index contributed by atoms with van der Waals surface area (Å²) < 4.78 is 64.8. The molecule has 0 spiro atoms. The first-order valence-corrected chi connectivity index (χ1v) is 11.7. The van der Waals surface area contributed by atoms with Gasteiger partial charge in [0.2, 0.25) is 15.9 Å². The van der Waals surface area contributed by atoms with E-state index in [9.17, 15) is 26.4 Å². The molecule has 0 bridgehead atoms. The zero-order valence-corrected chi connectivity index (χ0v) is 18.9. The molecule has 2 rings (SSSR count). The third-order valence-corrected chi connectivity index (χ3v) is 5.95. The molecular weight excluding hydrogens is 453 g/mol. The minimum Gasteiger partial charge on any atom is -0.348 e. The molecule has 31 heavy (non-hydrogen) atoms. The Kier molecular flexibility index (Phi) is 7.99. The molecule has 2 aromatic rings. The normalized spacial score (nSPS) is 13.2. The third-order valence-electron chi connectivity index (χ3n) is 4.48. The molecule has 0 saturated carbocycles. The fourth-order valence-corrected chi connectivity index (χ4v) is 4.16. The maximum absolute atomic E-state index is 13.2. The molecule has 1 amide bonds. The number of amides is 1. The van der Waals surface area contributed by atoms with Gasteiger partial charge in [0, 0.05) is 0 Å². The molecule has 0 aromatic heterocycles. The Hall–Kier alpha value is -2.26. The maximum Gasteiger partial charge on any atom is 0.417 e. The number of anilines is 1. The van der Waals surface area contributed by atoms with Crippen LogP contribution in [0, 0.1) is 5.92 Å². The second-order valence-electron chi connectivity index (χ2n) is 7.59. The highest BCUT2D eigenvalue weighted by atomic mass is 35.5. The fourth-order valence-electron chi connectivity index (χ4n) is 3.09. The Morgan fingerprint density at radius 3 is 2.26 bits per heavy atom. The largest absolute Gasteiger partial charge is 0.417 e. The van der Waals surface area contributed by atoms with Gasteiger partial charge in [0.15, 0.2) is 0 Å². The highest BCUT2D eigenvalue weighted by Gasteiger charge is 2.34. The molecule has 2 aromatic carbocycles. The summed E-state index contributed by atoms with van der Waals surface area (Å²) in [7, 11) is -4.05. The summed E-state index contributed by atoms with van der Waals surface area (Å²) in [6, 6.07) is 11.5. The molecule has 10 heteroatoms. The molecule has 0 fully saturated rings. The minimum atomic E-state index is -4.77. The SMILES string of the molecule is CC(C)CC(NC(=O)CN(c1ccc(Cl)c(C(F)(F)F)c1)S(C)(=O)=O)c1ccccc1. The van der Waals surface area contributed by atoms with Gasteiger partial charge in [0.05, 0.1) is 28.6 Å². The van der Waals surface area contributed by atoms with Crippen molar-refractivity contribution in [2.24, 2.45) is 5.92 Å². The van der Waals surface area contributed by atoms with E-state index in [1.807, 2.05) is 44.2 Å². The van der Waals surface area contributed by atoms with E-state index in [0.29, 0.717) is 16.8 Å². The summed E-state index contributed by atoms with van der Waals surface area (Å²) in [5.74, 6) is -0.398. The third kappa shape index (κ3) is 7.14. The summed E-state index contributed by atoms with van der Waals surface area (Å²) in [5, 5.41) is 2.24. The van der Waals surface area contributed by atoms with Gasteiger partial charge in [-0.2, -0.15) is 13.2 Å². The molecule has 0 saturated heterocycles. The number of carbonyl (C=O) groups excluding carboxylic acids is 1. The molecule has 170 valence electrons. The number of rotatable bonds is 8. The van der Waals surface area contributed by atoms with E-state index in [4.69, 9.17) is 11.6 Å². The number of benzene rings is 2. The topological polar surface area (TPSA) is 66.5 Å². The van der Waals surface area contributed by atoms with E-state index in [1.54, 1.807) is 0 Å². The van der Waals surface area contributed by atoms with Crippen LogP contribution in [-0.2, 0) is 21.0 Å². The van der Waals surface area contributed by atoms with Crippen LogP contribution < -0.4 is 9.62 Å². The lowest BCUT2D eigenvalue weighted by molar-refractivity contribution is -0.137. The second kappa shape index (κ2) is 9.91. The lowest BCUT2D eigenvalue weighted by Gasteiger charge is -2.26. The van der Waals surface area contributed by atoms with E-state index in [-0.39, 0.29) is 17.6 Å². The van der Waals surface area contributed by atoms with Crippen LogP contribution >= 0.6 is 11.6 Å². The lowest BCUT2D eigenvalue weighted by Crippen LogP contribution is -2.42. The number of nitrogens with one attached hydrogen (secondary N) is 1. The van der Waals surface area contributed by atoms with E-state index in [2.05, 4.69) is 5.32 Å². The van der Waals surface area contributed by atoms with Crippen LogP contribution in [0.5, 0.6) is 0 Å². The summed E-state index contributed by atoms with van der Waals surface area (Å²) in [4.78, 5) is 12.7. The average molecular weight is 477 g/mol. The Labute approximate surface area is 185 Å². The number of alkyl halides is 3. The van der Waals surface area contributed by atoms with Crippen LogP contribution in [0.25, 0.3) is 0 Å². The van der Waals surface area contributed by atoms with E-state index in [0.717, 1.165) is 24.0 Å². The van der Waals surface area contributed by atoms with Gasteiger partial charge in [-0.15, -0.1) is 0 Å². The Morgan fingerprint density at radius 1 is 1.13 bits per heavy atom. The van der Waals surface area contributed by atoms with Gasteiger partial charge in [-0.05, 0) is 36.1 Å². The molecule has 0 radical (unpaired) electrons. The van der Waals surface area contributed by atoms with E-state index in [1.165, 1.54) is 0 Å². The molecule has 0 aliphatic heterocycles. The van der Waals surface area contributed by atoms with Crippen molar-refractivity contribution in [3.63, 3.8) is 0 Å². The summed E-state index contributed by atoms with van der Waals surface area (Å²) in [5.41, 5.74) is -0.626. The first-order valence-electron chi connectivity index (χ1n) is 9.47. The predicted octanol–water partition coefficient (Wildman–Crippen LogP) is 5.03. The lowest BCUT2D eigenvalue weighted by atomic mass is 9.97. The Bertz CT molecular complexity index is 1010. The number of hydrogen-bond donors (Lipinski definition) is 1. The van der Waals surface area contributed by atoms with Gasteiger partial charge in [0.25, 0.3) is 0 Å². The highest BCUT2D eigenvalue weighted by Crippen LogP contribution is 2.37. The van der Waals surface area contributed by atoms with Crippen LogP contribution in [0.1, 0.15) is 37.4 Å². The summed E-state index contributed by atoms with van der Waals surface area (Å²) in [6.45, 7) is 3.30. The quantitative estimate of drug-likeness (QED) is 0.581. The van der Waals surface area contributed by atoms with Crippen LogP contribution in [0.4, 0.5) is 18.9 Å². The van der Waals surface area contributed by atoms with Crippen molar-refractivity contribution in [2.45, 2.75) is 32.5 Å². The van der Waals surface area contributed by atoms with Crippen LogP contribution in [0.3, 0.4) is 0 Å². The van der Waals surface area contributed by atoms with Crippen LogP contribution in [0.15, 0.2) is 48.5 Å². The summed E-state index contributed by atoms with van der Waals surface area (Å²) in [6.07, 6.45) is -3.34. The predicted molar refractivity (Wildman–Crippen MR) is 115 cm³/mol. The maximum atomic E-state index is 13.2. The molecule has 5 nitrogen and oxygen atoms in total. The van der Waals surface area contributed by atoms with Crippen LogP contribution in [-0.4, -0.2) is 27.1 Å². The van der Waals surface area contributed by atoms with Crippen LogP contribution in [0.2, 0.25) is 5.02 Å².